The van der Waals surface area contributed by atoms with Gasteiger partial charge in [-0.1, -0.05) is 0 Å². The second-order valence-corrected chi connectivity index (χ2v) is 12.9. The number of nitrogens with zero attached hydrogens (tertiary/aromatic N) is 1. The fraction of sp³-hybridized carbons (Fsp3) is 0.528. The number of benzene rings is 2. The van der Waals surface area contributed by atoms with Crippen LogP contribution in [-0.4, -0.2) is 109 Å². The summed E-state index contributed by atoms with van der Waals surface area (Å²) in [4.78, 5) is 43.2. The molecule has 3 fully saturated rings. The lowest BCUT2D eigenvalue weighted by atomic mass is 9.63. The summed E-state index contributed by atoms with van der Waals surface area (Å²) in [6.07, 6.45) is 0.920. The Bertz CT molecular complexity index is 1690. The standard InChI is InChI=1S/C33H40N2O9.C3H6N2O/c1-38-19-7-8-20-21-9-10-35-16-18-13-27(44-32(36)17-11-25(39-2)30(41-4)26(12-17)40-3)31(42-5)28(33(37)43-6)22(18)15-24(35)29(21)34-23(20)14-19;6-3-4-1-2-5-3/h7-8,11-12,14,18,22,24,27-28,31,34H,9-10,13,15-16H2,1-6H3;1-2H2,(H2,4,5,6)/t18-,22+,24-,27-,28+,31+;/m1./s1. The topological polar surface area (TPSA) is 159 Å². The maximum Gasteiger partial charge on any atom is 0.338 e. The van der Waals surface area contributed by atoms with Gasteiger partial charge in [0.05, 0.1) is 53.1 Å². The van der Waals surface area contributed by atoms with Crippen molar-refractivity contribution in [2.45, 2.75) is 37.5 Å². The van der Waals surface area contributed by atoms with Crippen LogP contribution >= 0.6 is 0 Å². The van der Waals surface area contributed by atoms with E-state index in [2.05, 4.69) is 26.6 Å². The molecular weight excluding hydrogens is 648 g/mol. The number of fused-ring (bicyclic) bond motifs is 6. The van der Waals surface area contributed by atoms with Gasteiger partial charge in [-0.2, -0.15) is 0 Å². The van der Waals surface area contributed by atoms with Gasteiger partial charge in [-0.15, -0.1) is 0 Å². The maximum atomic E-state index is 13.5. The van der Waals surface area contributed by atoms with Crippen LogP contribution in [0.1, 0.15) is 40.5 Å². The van der Waals surface area contributed by atoms with E-state index in [1.54, 1.807) is 26.4 Å². The number of aromatic amines is 1. The van der Waals surface area contributed by atoms with Crippen LogP contribution in [0.3, 0.4) is 0 Å². The zero-order valence-electron chi connectivity index (χ0n) is 29.3. The molecule has 0 radical (unpaired) electrons. The predicted octanol–water partition coefficient (Wildman–Crippen LogP) is 3.47. The van der Waals surface area contributed by atoms with Crippen molar-refractivity contribution in [2.75, 3.05) is 68.8 Å². The first kappa shape index (κ1) is 35.1. The number of amides is 2. The number of nitrogens with one attached hydrogen (secondary N) is 3. The van der Waals surface area contributed by atoms with Gasteiger partial charge < -0.3 is 48.8 Å². The maximum absolute atomic E-state index is 13.5. The molecule has 3 aromatic rings. The SMILES string of the molecule is COC(=O)[C@H]1[C@H]2C[C@@H]3c4[nH]c5cc(OC)ccc5c4CCN3C[C@H]2C[C@@H](OC(=O)c2cc(OC)c(OC)c(OC)c2)[C@@H]1OC.O=C1NCCN1. The highest BCUT2D eigenvalue weighted by Gasteiger charge is 2.54. The van der Waals surface area contributed by atoms with Crippen molar-refractivity contribution in [3.05, 3.63) is 47.2 Å². The molecular formula is C36H46N4O10. The van der Waals surface area contributed by atoms with E-state index in [0.29, 0.717) is 23.7 Å². The Balaban J connectivity index is 0.000000652. The number of carbonyl (C=O) groups excluding carboxylic acids is 3. The number of hydrogen-bond acceptors (Lipinski definition) is 11. The quantitative estimate of drug-likeness (QED) is 0.297. The summed E-state index contributed by atoms with van der Waals surface area (Å²) >= 11 is 0. The highest BCUT2D eigenvalue weighted by atomic mass is 16.6. The van der Waals surface area contributed by atoms with Crippen LogP contribution in [-0.2, 0) is 25.4 Å². The van der Waals surface area contributed by atoms with E-state index in [1.165, 1.54) is 45.1 Å². The molecule has 2 aromatic carbocycles. The van der Waals surface area contributed by atoms with Crippen molar-refractivity contribution in [2.24, 2.45) is 17.8 Å². The van der Waals surface area contributed by atoms with Gasteiger partial charge in [-0.3, -0.25) is 9.69 Å². The van der Waals surface area contributed by atoms with Crippen molar-refractivity contribution in [1.29, 1.82) is 0 Å². The van der Waals surface area contributed by atoms with E-state index < -0.39 is 24.1 Å². The van der Waals surface area contributed by atoms with Crippen LogP contribution in [0.4, 0.5) is 4.79 Å². The Hall–Kier alpha value is -4.69. The second kappa shape index (κ2) is 15.1. The first-order valence-corrected chi connectivity index (χ1v) is 16.8. The van der Waals surface area contributed by atoms with Crippen molar-refractivity contribution in [1.82, 2.24) is 20.5 Å². The third kappa shape index (κ3) is 6.61. The van der Waals surface area contributed by atoms with Crippen molar-refractivity contribution < 1.29 is 47.5 Å². The number of H-pyrrole nitrogens is 1. The average Bonchev–Trinajstić information content (AvgIpc) is 3.78. The van der Waals surface area contributed by atoms with Crippen molar-refractivity contribution in [3.63, 3.8) is 0 Å². The molecule has 1 aliphatic carbocycles. The monoisotopic (exact) mass is 694 g/mol. The lowest BCUT2D eigenvalue weighted by Gasteiger charge is -2.52. The number of piperidine rings is 1. The van der Waals surface area contributed by atoms with Crippen LogP contribution in [0.5, 0.6) is 23.0 Å². The molecule has 0 unspecified atom stereocenters. The second-order valence-electron chi connectivity index (χ2n) is 12.9. The van der Waals surface area contributed by atoms with Gasteiger partial charge in [-0.05, 0) is 60.9 Å². The van der Waals surface area contributed by atoms with Gasteiger partial charge in [0.25, 0.3) is 0 Å². The molecule has 1 aromatic heterocycles. The highest BCUT2D eigenvalue weighted by Crippen LogP contribution is 2.51. The molecule has 14 nitrogen and oxygen atoms in total. The molecule has 2 amide bonds. The Kier molecular flexibility index (Phi) is 10.6. The summed E-state index contributed by atoms with van der Waals surface area (Å²) in [7, 11) is 9.10. The molecule has 7 rings (SSSR count). The van der Waals surface area contributed by atoms with Gasteiger partial charge in [0.15, 0.2) is 11.5 Å². The minimum absolute atomic E-state index is 0.0170. The van der Waals surface area contributed by atoms with Gasteiger partial charge >= 0.3 is 18.0 Å². The first-order chi connectivity index (χ1) is 24.2. The smallest absolute Gasteiger partial charge is 0.338 e. The molecule has 270 valence electrons. The van der Waals surface area contributed by atoms with Gasteiger partial charge in [-0.25, -0.2) is 9.59 Å². The number of aromatic nitrogens is 1. The van der Waals surface area contributed by atoms with Gasteiger partial charge in [0, 0.05) is 56.0 Å². The van der Waals surface area contributed by atoms with E-state index in [-0.39, 0.29) is 35.4 Å². The van der Waals surface area contributed by atoms with E-state index in [1.807, 2.05) is 12.1 Å². The Morgan fingerprint density at radius 2 is 1.60 bits per heavy atom. The molecule has 1 saturated carbocycles. The molecule has 2 saturated heterocycles. The first-order valence-electron chi connectivity index (χ1n) is 16.8. The zero-order chi connectivity index (χ0) is 35.5. The predicted molar refractivity (Wildman–Crippen MR) is 182 cm³/mol. The third-order valence-electron chi connectivity index (χ3n) is 10.5. The minimum atomic E-state index is -0.670. The van der Waals surface area contributed by atoms with Crippen LogP contribution in [0.2, 0.25) is 0 Å². The Morgan fingerprint density at radius 3 is 2.18 bits per heavy atom. The number of esters is 2. The van der Waals surface area contributed by atoms with Gasteiger partial charge in [0.2, 0.25) is 5.75 Å². The number of hydrogen-bond donors (Lipinski definition) is 3. The molecule has 0 spiro atoms. The van der Waals surface area contributed by atoms with Crippen LogP contribution in [0.25, 0.3) is 10.9 Å². The van der Waals surface area contributed by atoms with Crippen molar-refractivity contribution >= 4 is 28.9 Å². The number of urea groups is 1. The molecule has 3 aliphatic heterocycles. The third-order valence-corrected chi connectivity index (χ3v) is 10.5. The summed E-state index contributed by atoms with van der Waals surface area (Å²) in [6.45, 7) is 3.24. The molecule has 4 heterocycles. The molecule has 14 heteroatoms. The van der Waals surface area contributed by atoms with Crippen LogP contribution in [0, 0.1) is 17.8 Å². The minimum Gasteiger partial charge on any atom is -0.497 e. The van der Waals surface area contributed by atoms with E-state index >= 15 is 0 Å². The van der Waals surface area contributed by atoms with Crippen molar-refractivity contribution in [3.8, 4) is 23.0 Å². The average molecular weight is 695 g/mol. The summed E-state index contributed by atoms with van der Waals surface area (Å²) < 4.78 is 39.1. The lowest BCUT2D eigenvalue weighted by Crippen LogP contribution is -2.58. The van der Waals surface area contributed by atoms with E-state index in [9.17, 15) is 14.4 Å². The zero-order valence-corrected chi connectivity index (χ0v) is 29.3. The molecule has 6 atom stereocenters. The van der Waals surface area contributed by atoms with E-state index in [0.717, 1.165) is 50.3 Å². The fourth-order valence-corrected chi connectivity index (χ4v) is 8.18. The summed E-state index contributed by atoms with van der Waals surface area (Å²) in [5, 5.41) is 6.35. The number of ether oxygens (including phenoxy) is 7. The normalized spacial score (nSPS) is 25.4. The largest absolute Gasteiger partial charge is 0.497 e. The van der Waals surface area contributed by atoms with Crippen LogP contribution in [0.15, 0.2) is 30.3 Å². The fourth-order valence-electron chi connectivity index (χ4n) is 8.18. The van der Waals surface area contributed by atoms with Gasteiger partial charge in [0.1, 0.15) is 18.0 Å². The summed E-state index contributed by atoms with van der Waals surface area (Å²) in [6, 6.07) is 9.35. The molecule has 4 aliphatic rings. The number of carbonyl (C=O) groups is 3. The number of rotatable bonds is 8. The molecule has 3 N–H and O–H groups in total. The molecule has 0 bridgehead atoms. The summed E-state index contributed by atoms with van der Waals surface area (Å²) in [5.41, 5.74) is 3.83. The lowest BCUT2D eigenvalue weighted by molar-refractivity contribution is -0.176. The summed E-state index contributed by atoms with van der Waals surface area (Å²) in [5.74, 6) is 0.441. The highest BCUT2D eigenvalue weighted by molar-refractivity contribution is 5.91. The van der Waals surface area contributed by atoms with E-state index in [4.69, 9.17) is 33.2 Å². The Labute approximate surface area is 291 Å². The molecule has 50 heavy (non-hydrogen) atoms. The Morgan fingerprint density at radius 1 is 0.880 bits per heavy atom. The van der Waals surface area contributed by atoms with Crippen LogP contribution < -0.4 is 29.6 Å². The number of methoxy groups -OCH3 is 6.